The molecule has 0 spiro atoms. The Labute approximate surface area is 144 Å². The van der Waals surface area contributed by atoms with Gasteiger partial charge in [0.1, 0.15) is 0 Å². The molecule has 1 aliphatic heterocycles. The fourth-order valence-corrected chi connectivity index (χ4v) is 4.02. The highest BCUT2D eigenvalue weighted by atomic mass is 32.2. The number of rotatable bonds is 4. The first-order valence-electron chi connectivity index (χ1n) is 8.05. The molecular weight excluding hydrogens is 328 g/mol. The summed E-state index contributed by atoms with van der Waals surface area (Å²) in [6.45, 7) is 7.36. The van der Waals surface area contributed by atoms with Gasteiger partial charge in [0.05, 0.1) is 17.1 Å². The zero-order chi connectivity index (χ0) is 17.8. The predicted octanol–water partition coefficient (Wildman–Crippen LogP) is 1.06. The molecule has 0 amide bonds. The van der Waals surface area contributed by atoms with Gasteiger partial charge in [-0.15, -0.1) is 0 Å². The van der Waals surface area contributed by atoms with E-state index in [1.54, 1.807) is 27.1 Å². The van der Waals surface area contributed by atoms with E-state index in [1.165, 1.54) is 0 Å². The maximum Gasteiger partial charge on any atom is 0.218 e. The molecule has 0 unspecified atom stereocenters. The van der Waals surface area contributed by atoms with Gasteiger partial charge in [-0.05, 0) is 26.8 Å². The van der Waals surface area contributed by atoms with Crippen molar-refractivity contribution < 1.29 is 13.2 Å². The highest BCUT2D eigenvalue weighted by molar-refractivity contribution is 7.92. The number of guanidine groups is 1. The Balaban J connectivity index is 2.07. The van der Waals surface area contributed by atoms with Crippen LogP contribution in [0.5, 0.6) is 5.88 Å². The highest BCUT2D eigenvalue weighted by Gasteiger charge is 2.40. The standard InChI is InChI=1S/C16H26N4O3S/c1-5-23-14-13(7-6-8-18-14)11-19-15(17-4)20-9-10-24(21,22)16(2,3)12-20/h6-8H,5,9-12H2,1-4H3,(H,17,19). The quantitative estimate of drug-likeness (QED) is 0.643. The lowest BCUT2D eigenvalue weighted by Crippen LogP contribution is -2.57. The molecule has 1 aromatic heterocycles. The lowest BCUT2D eigenvalue weighted by molar-refractivity contribution is 0.321. The largest absolute Gasteiger partial charge is 0.478 e. The molecule has 0 bridgehead atoms. The number of aliphatic imine (C=N–C) groups is 1. The number of nitrogens with one attached hydrogen (secondary N) is 1. The number of hydrogen-bond donors (Lipinski definition) is 1. The molecule has 0 radical (unpaired) electrons. The summed E-state index contributed by atoms with van der Waals surface area (Å²) in [7, 11) is -1.37. The van der Waals surface area contributed by atoms with Crippen LogP contribution in [0.15, 0.2) is 23.3 Å². The first-order chi connectivity index (χ1) is 11.3. The lowest BCUT2D eigenvalue weighted by atomic mass is 10.2. The van der Waals surface area contributed by atoms with Crippen LogP contribution in [-0.2, 0) is 16.4 Å². The summed E-state index contributed by atoms with van der Waals surface area (Å²) in [6, 6.07) is 3.81. The predicted molar refractivity (Wildman–Crippen MR) is 95.0 cm³/mol. The Morgan fingerprint density at radius 2 is 2.25 bits per heavy atom. The summed E-state index contributed by atoms with van der Waals surface area (Å²) >= 11 is 0. The van der Waals surface area contributed by atoms with E-state index in [2.05, 4.69) is 15.3 Å². The van der Waals surface area contributed by atoms with Crippen molar-refractivity contribution in [1.82, 2.24) is 15.2 Å². The molecule has 0 aliphatic carbocycles. The topological polar surface area (TPSA) is 83.9 Å². The Morgan fingerprint density at radius 3 is 2.88 bits per heavy atom. The maximum atomic E-state index is 12.1. The van der Waals surface area contributed by atoms with E-state index in [0.717, 1.165) is 5.56 Å². The molecule has 1 saturated heterocycles. The van der Waals surface area contributed by atoms with Crippen molar-refractivity contribution in [2.24, 2.45) is 4.99 Å². The Hall–Kier alpha value is -1.83. The Kier molecular flexibility index (Phi) is 5.69. The van der Waals surface area contributed by atoms with E-state index < -0.39 is 14.6 Å². The summed E-state index contributed by atoms with van der Waals surface area (Å²) in [5.74, 6) is 1.42. The van der Waals surface area contributed by atoms with Gasteiger partial charge < -0.3 is 15.0 Å². The molecule has 1 aromatic rings. The summed E-state index contributed by atoms with van der Waals surface area (Å²) in [4.78, 5) is 10.5. The van der Waals surface area contributed by atoms with E-state index >= 15 is 0 Å². The summed E-state index contributed by atoms with van der Waals surface area (Å²) in [5, 5.41) is 3.28. The third-order valence-electron chi connectivity index (χ3n) is 4.12. The molecule has 24 heavy (non-hydrogen) atoms. The number of sulfone groups is 1. The van der Waals surface area contributed by atoms with Gasteiger partial charge in [-0.25, -0.2) is 13.4 Å². The molecule has 0 atom stereocenters. The van der Waals surface area contributed by atoms with Gasteiger partial charge in [0.25, 0.3) is 0 Å². The van der Waals surface area contributed by atoms with Crippen molar-refractivity contribution in [2.75, 3.05) is 32.5 Å². The second-order valence-corrected chi connectivity index (χ2v) is 9.04. The van der Waals surface area contributed by atoms with Crippen molar-refractivity contribution in [1.29, 1.82) is 0 Å². The molecule has 0 saturated carbocycles. The van der Waals surface area contributed by atoms with E-state index in [9.17, 15) is 8.42 Å². The number of nitrogens with zero attached hydrogens (tertiary/aromatic N) is 3. The molecule has 2 rings (SSSR count). The Bertz CT molecular complexity index is 701. The van der Waals surface area contributed by atoms with Crippen LogP contribution in [0.4, 0.5) is 0 Å². The average molecular weight is 354 g/mol. The molecule has 2 heterocycles. The monoisotopic (exact) mass is 354 g/mol. The van der Waals surface area contributed by atoms with Gasteiger partial charge in [-0.3, -0.25) is 4.99 Å². The molecule has 0 aromatic carbocycles. The van der Waals surface area contributed by atoms with Gasteiger partial charge in [0.15, 0.2) is 15.8 Å². The smallest absolute Gasteiger partial charge is 0.218 e. The van der Waals surface area contributed by atoms with Crippen molar-refractivity contribution in [3.63, 3.8) is 0 Å². The van der Waals surface area contributed by atoms with Crippen LogP contribution in [0.3, 0.4) is 0 Å². The molecule has 7 nitrogen and oxygen atoms in total. The minimum atomic E-state index is -3.07. The van der Waals surface area contributed by atoms with E-state index in [4.69, 9.17) is 4.74 Å². The lowest BCUT2D eigenvalue weighted by Gasteiger charge is -2.39. The minimum absolute atomic E-state index is 0.137. The van der Waals surface area contributed by atoms with Crippen molar-refractivity contribution >= 4 is 15.8 Å². The summed E-state index contributed by atoms with van der Waals surface area (Å²) in [6.07, 6.45) is 1.70. The van der Waals surface area contributed by atoms with Crippen LogP contribution in [0, 0.1) is 0 Å². The van der Waals surface area contributed by atoms with E-state index in [-0.39, 0.29) is 5.75 Å². The normalized spacial score (nSPS) is 19.8. The van der Waals surface area contributed by atoms with Crippen LogP contribution in [0.1, 0.15) is 26.3 Å². The number of ether oxygens (including phenoxy) is 1. The Morgan fingerprint density at radius 1 is 1.50 bits per heavy atom. The second kappa shape index (κ2) is 7.38. The molecule has 1 fully saturated rings. The van der Waals surface area contributed by atoms with Crippen LogP contribution in [0.2, 0.25) is 0 Å². The highest BCUT2D eigenvalue weighted by Crippen LogP contribution is 2.24. The number of hydrogen-bond acceptors (Lipinski definition) is 5. The zero-order valence-corrected chi connectivity index (χ0v) is 15.6. The zero-order valence-electron chi connectivity index (χ0n) is 14.7. The van der Waals surface area contributed by atoms with E-state index in [0.29, 0.717) is 38.1 Å². The fourth-order valence-electron chi connectivity index (χ4n) is 2.66. The SMILES string of the molecule is CCOc1ncccc1CNC(=NC)N1CCS(=O)(=O)C(C)(C)C1. The number of pyridine rings is 1. The third-order valence-corrected chi connectivity index (χ3v) is 6.66. The van der Waals surface area contributed by atoms with Gasteiger partial charge in [-0.1, -0.05) is 6.07 Å². The van der Waals surface area contributed by atoms with Gasteiger partial charge in [0.2, 0.25) is 5.88 Å². The molecular formula is C16H26N4O3S. The van der Waals surface area contributed by atoms with Crippen LogP contribution >= 0.6 is 0 Å². The van der Waals surface area contributed by atoms with Gasteiger partial charge >= 0.3 is 0 Å². The van der Waals surface area contributed by atoms with Crippen molar-refractivity contribution in [3.05, 3.63) is 23.9 Å². The fraction of sp³-hybridized carbons (Fsp3) is 0.625. The van der Waals surface area contributed by atoms with E-state index in [1.807, 2.05) is 24.0 Å². The van der Waals surface area contributed by atoms with Crippen molar-refractivity contribution in [2.45, 2.75) is 32.1 Å². The van der Waals surface area contributed by atoms with Crippen LogP contribution in [-0.4, -0.2) is 61.5 Å². The molecule has 8 heteroatoms. The minimum Gasteiger partial charge on any atom is -0.478 e. The maximum absolute atomic E-state index is 12.1. The third kappa shape index (κ3) is 3.98. The molecule has 134 valence electrons. The first-order valence-corrected chi connectivity index (χ1v) is 9.70. The number of aromatic nitrogens is 1. The molecule has 1 N–H and O–H groups in total. The van der Waals surface area contributed by atoms with Crippen molar-refractivity contribution in [3.8, 4) is 5.88 Å². The molecule has 1 aliphatic rings. The summed E-state index contributed by atoms with van der Waals surface area (Å²) < 4.78 is 29.0. The summed E-state index contributed by atoms with van der Waals surface area (Å²) in [5.41, 5.74) is 0.935. The first kappa shape index (κ1) is 18.5. The van der Waals surface area contributed by atoms with Gasteiger partial charge in [0, 0.05) is 38.4 Å². The second-order valence-electron chi connectivity index (χ2n) is 6.30. The van der Waals surface area contributed by atoms with Crippen LogP contribution in [0.25, 0.3) is 0 Å². The average Bonchev–Trinajstić information content (AvgIpc) is 2.53. The van der Waals surface area contributed by atoms with Gasteiger partial charge in [-0.2, -0.15) is 0 Å². The van der Waals surface area contributed by atoms with Crippen LogP contribution < -0.4 is 10.1 Å².